The normalized spacial score (nSPS) is 53.9. The van der Waals surface area contributed by atoms with E-state index in [0.717, 1.165) is 19.3 Å². The van der Waals surface area contributed by atoms with Gasteiger partial charge in [0.05, 0.1) is 6.10 Å². The highest BCUT2D eigenvalue weighted by molar-refractivity contribution is 5.91. The summed E-state index contributed by atoms with van der Waals surface area (Å²) in [7, 11) is 0. The predicted octanol–water partition coefficient (Wildman–Crippen LogP) is 2.91. The number of aliphatic hydroxyl groups is 1. The molecule has 0 amide bonds. The van der Waals surface area contributed by atoms with Crippen LogP contribution in [0.3, 0.4) is 0 Å². The van der Waals surface area contributed by atoms with Crippen LogP contribution in [-0.4, -0.2) is 22.8 Å². The van der Waals surface area contributed by atoms with Gasteiger partial charge in [-0.2, -0.15) is 0 Å². The Hall–Kier alpha value is -0.960. The Bertz CT molecular complexity index is 565. The number of hydrogen-bond acceptors (Lipinski definition) is 3. The van der Waals surface area contributed by atoms with Gasteiger partial charge in [-0.15, -0.1) is 0 Å². The molecule has 0 aromatic rings. The molecule has 0 spiro atoms. The van der Waals surface area contributed by atoms with Crippen molar-refractivity contribution in [2.75, 3.05) is 0 Å². The van der Waals surface area contributed by atoms with Crippen LogP contribution in [-0.2, 0) is 9.59 Å². The molecule has 4 aliphatic carbocycles. The molecule has 120 valence electrons. The zero-order chi connectivity index (χ0) is 15.7. The van der Waals surface area contributed by atoms with E-state index < -0.39 is 6.10 Å². The Labute approximate surface area is 132 Å². The van der Waals surface area contributed by atoms with Crippen molar-refractivity contribution in [3.63, 3.8) is 0 Å². The molecule has 0 radical (unpaired) electrons. The standard InChI is InChI=1S/C19H26O3/c1-18-8-7-12(20)9-11(18)3-4-13-14-5-6-16(22)19(14,2)10-15(21)17(13)18/h7-8,11,13-15,17,21H,3-6,9-10H2,1-2H3/t11-,13-,14-,15-,17+,18-,19-/m0/s1. The summed E-state index contributed by atoms with van der Waals surface area (Å²) in [5.74, 6) is 2.02. The molecule has 0 aromatic carbocycles. The van der Waals surface area contributed by atoms with Gasteiger partial charge in [0.15, 0.2) is 5.78 Å². The number of allylic oxidation sites excluding steroid dienone is 2. The van der Waals surface area contributed by atoms with Crippen LogP contribution < -0.4 is 0 Å². The number of rotatable bonds is 0. The van der Waals surface area contributed by atoms with Gasteiger partial charge in [0.2, 0.25) is 0 Å². The van der Waals surface area contributed by atoms with Gasteiger partial charge in [0, 0.05) is 18.3 Å². The van der Waals surface area contributed by atoms with E-state index in [1.54, 1.807) is 6.08 Å². The van der Waals surface area contributed by atoms with E-state index in [-0.39, 0.29) is 22.5 Å². The van der Waals surface area contributed by atoms with E-state index in [4.69, 9.17) is 0 Å². The van der Waals surface area contributed by atoms with Crippen molar-refractivity contribution < 1.29 is 14.7 Å². The zero-order valence-electron chi connectivity index (χ0n) is 13.5. The minimum atomic E-state index is -0.418. The van der Waals surface area contributed by atoms with E-state index in [2.05, 4.69) is 19.9 Å². The summed E-state index contributed by atoms with van der Waals surface area (Å²) < 4.78 is 0. The van der Waals surface area contributed by atoms with Crippen LogP contribution in [0.4, 0.5) is 0 Å². The Kier molecular flexibility index (Phi) is 3.01. The molecular weight excluding hydrogens is 276 g/mol. The summed E-state index contributed by atoms with van der Waals surface area (Å²) in [5.41, 5.74) is -0.388. The third-order valence-corrected chi connectivity index (χ3v) is 7.69. The van der Waals surface area contributed by atoms with Crippen molar-refractivity contribution in [1.82, 2.24) is 0 Å². The third-order valence-electron chi connectivity index (χ3n) is 7.69. The summed E-state index contributed by atoms with van der Waals surface area (Å²) in [6.07, 6.45) is 8.45. The topological polar surface area (TPSA) is 54.4 Å². The van der Waals surface area contributed by atoms with Crippen LogP contribution in [0.15, 0.2) is 12.2 Å². The molecule has 3 fully saturated rings. The van der Waals surface area contributed by atoms with Gasteiger partial charge < -0.3 is 5.11 Å². The molecular formula is C19H26O3. The molecule has 0 heterocycles. The second-order valence-corrected chi connectivity index (χ2v) is 8.59. The summed E-state index contributed by atoms with van der Waals surface area (Å²) in [6.45, 7) is 4.32. The van der Waals surface area contributed by atoms with Gasteiger partial charge in [-0.25, -0.2) is 0 Å². The van der Waals surface area contributed by atoms with Crippen molar-refractivity contribution in [3.05, 3.63) is 12.2 Å². The fraction of sp³-hybridized carbons (Fsp3) is 0.789. The molecule has 0 saturated heterocycles. The highest BCUT2D eigenvalue weighted by Gasteiger charge is 2.62. The van der Waals surface area contributed by atoms with Crippen LogP contribution in [0.5, 0.6) is 0 Å². The first-order valence-corrected chi connectivity index (χ1v) is 8.80. The number of fused-ring (bicyclic) bond motifs is 5. The van der Waals surface area contributed by atoms with Crippen LogP contribution in [0.2, 0.25) is 0 Å². The van der Waals surface area contributed by atoms with Crippen molar-refractivity contribution in [2.45, 2.75) is 58.5 Å². The van der Waals surface area contributed by atoms with Crippen molar-refractivity contribution in [2.24, 2.45) is 34.5 Å². The maximum atomic E-state index is 12.4. The van der Waals surface area contributed by atoms with Gasteiger partial charge >= 0.3 is 0 Å². The number of carbonyl (C=O) groups excluding carboxylic acids is 2. The molecule has 0 aliphatic heterocycles. The molecule has 3 saturated carbocycles. The summed E-state index contributed by atoms with van der Waals surface area (Å²) in [6, 6.07) is 0. The second-order valence-electron chi connectivity index (χ2n) is 8.59. The van der Waals surface area contributed by atoms with Crippen LogP contribution in [0, 0.1) is 34.5 Å². The average Bonchev–Trinajstić information content (AvgIpc) is 2.75. The third kappa shape index (κ3) is 1.72. The molecule has 0 aromatic heterocycles. The SMILES string of the molecule is C[C@]12C=CC(=O)C[C@@H]1CC[C@@H]1[C@@H]2[C@@H](O)C[C@]2(C)C(=O)CC[C@@H]12. The lowest BCUT2D eigenvalue weighted by molar-refractivity contribution is -0.155. The van der Waals surface area contributed by atoms with Crippen LogP contribution >= 0.6 is 0 Å². The molecule has 3 nitrogen and oxygen atoms in total. The number of hydrogen-bond donors (Lipinski definition) is 1. The average molecular weight is 302 g/mol. The Morgan fingerprint density at radius 1 is 1.18 bits per heavy atom. The van der Waals surface area contributed by atoms with Gasteiger partial charge in [0.25, 0.3) is 0 Å². The summed E-state index contributed by atoms with van der Waals surface area (Å²) >= 11 is 0. The lowest BCUT2D eigenvalue weighted by Gasteiger charge is -2.59. The van der Waals surface area contributed by atoms with E-state index in [1.165, 1.54) is 0 Å². The Morgan fingerprint density at radius 3 is 2.73 bits per heavy atom. The molecule has 7 atom stereocenters. The molecule has 1 N–H and O–H groups in total. The van der Waals surface area contributed by atoms with Gasteiger partial charge in [0.1, 0.15) is 5.78 Å². The quantitative estimate of drug-likeness (QED) is 0.748. The van der Waals surface area contributed by atoms with Gasteiger partial charge in [-0.05, 0) is 60.8 Å². The zero-order valence-corrected chi connectivity index (χ0v) is 13.5. The smallest absolute Gasteiger partial charge is 0.155 e. The van der Waals surface area contributed by atoms with Crippen LogP contribution in [0.1, 0.15) is 52.4 Å². The minimum absolute atomic E-state index is 0.0801. The second kappa shape index (κ2) is 4.53. The number of Topliss-reactive ketones (excluding diaryl/α,β-unsaturated/α-hetero) is 1. The van der Waals surface area contributed by atoms with Crippen molar-refractivity contribution in [1.29, 1.82) is 0 Å². The van der Waals surface area contributed by atoms with Gasteiger partial charge in [-0.3, -0.25) is 9.59 Å². The first-order chi connectivity index (χ1) is 10.4. The monoisotopic (exact) mass is 302 g/mol. The fourth-order valence-corrected chi connectivity index (χ4v) is 6.53. The summed E-state index contributed by atoms with van der Waals surface area (Å²) in [5, 5.41) is 10.9. The van der Waals surface area contributed by atoms with E-state index in [9.17, 15) is 14.7 Å². The highest BCUT2D eigenvalue weighted by Crippen LogP contribution is 2.64. The molecule has 4 rings (SSSR count). The van der Waals surface area contributed by atoms with Crippen molar-refractivity contribution >= 4 is 11.6 Å². The first-order valence-electron chi connectivity index (χ1n) is 8.80. The number of carbonyl (C=O) groups is 2. The maximum Gasteiger partial charge on any atom is 0.155 e. The van der Waals surface area contributed by atoms with Gasteiger partial charge in [-0.1, -0.05) is 19.9 Å². The summed E-state index contributed by atoms with van der Waals surface area (Å²) in [4.78, 5) is 24.2. The first kappa shape index (κ1) is 14.6. The van der Waals surface area contributed by atoms with Crippen molar-refractivity contribution in [3.8, 4) is 0 Å². The largest absolute Gasteiger partial charge is 0.393 e. The van der Waals surface area contributed by atoms with E-state index in [1.807, 2.05) is 0 Å². The van der Waals surface area contributed by atoms with E-state index >= 15 is 0 Å². The molecule has 22 heavy (non-hydrogen) atoms. The molecule has 0 bridgehead atoms. The maximum absolute atomic E-state index is 12.4. The Morgan fingerprint density at radius 2 is 1.95 bits per heavy atom. The lowest BCUT2D eigenvalue weighted by Crippen LogP contribution is -2.58. The molecule has 4 aliphatic rings. The number of aliphatic hydroxyl groups excluding tert-OH is 1. The highest BCUT2D eigenvalue weighted by atomic mass is 16.3. The molecule has 3 heteroatoms. The predicted molar refractivity (Wildman–Crippen MR) is 83.0 cm³/mol. The van der Waals surface area contributed by atoms with E-state index in [0.29, 0.717) is 42.8 Å². The Balaban J connectivity index is 1.75. The lowest BCUT2D eigenvalue weighted by atomic mass is 9.45. The minimum Gasteiger partial charge on any atom is -0.393 e. The number of ketones is 2. The molecule has 0 unspecified atom stereocenters. The van der Waals surface area contributed by atoms with Crippen LogP contribution in [0.25, 0.3) is 0 Å². The fourth-order valence-electron chi connectivity index (χ4n) is 6.53.